The average molecular weight is 392 g/mol. The van der Waals surface area contributed by atoms with Gasteiger partial charge in [-0.25, -0.2) is 0 Å². The molecule has 0 saturated heterocycles. The van der Waals surface area contributed by atoms with Crippen LogP contribution in [0, 0.1) is 34.6 Å². The number of hydrogen-bond donors (Lipinski definition) is 1. The molecular weight excluding hydrogens is 364 g/mol. The number of nitrogens with zero attached hydrogens (tertiary/aromatic N) is 1. The van der Waals surface area contributed by atoms with Crippen LogP contribution >= 0.6 is 0 Å². The summed E-state index contributed by atoms with van der Waals surface area (Å²) in [5.74, 6) is 1.06. The third-order valence-electron chi connectivity index (χ3n) is 5.30. The molecule has 1 atom stereocenters. The van der Waals surface area contributed by atoms with Crippen LogP contribution < -0.4 is 10.1 Å². The molecule has 0 bridgehead atoms. The van der Waals surface area contributed by atoms with Crippen molar-refractivity contribution in [1.82, 2.24) is 10.5 Å². The highest BCUT2D eigenvalue weighted by atomic mass is 16.5. The summed E-state index contributed by atoms with van der Waals surface area (Å²) in [7, 11) is 0. The van der Waals surface area contributed by atoms with Crippen molar-refractivity contribution >= 4 is 5.91 Å². The molecule has 1 N–H and O–H groups in total. The monoisotopic (exact) mass is 392 g/mol. The van der Waals surface area contributed by atoms with Gasteiger partial charge in [-0.15, -0.1) is 0 Å². The molecule has 0 aliphatic rings. The molecule has 0 radical (unpaired) electrons. The zero-order valence-electron chi connectivity index (χ0n) is 17.9. The third-order valence-corrected chi connectivity index (χ3v) is 5.30. The number of benzene rings is 2. The van der Waals surface area contributed by atoms with E-state index in [4.69, 9.17) is 9.26 Å². The summed E-state index contributed by atoms with van der Waals surface area (Å²) in [6.07, 6.45) is 0. The van der Waals surface area contributed by atoms with E-state index >= 15 is 0 Å². The minimum atomic E-state index is -0.270. The predicted octanol–water partition coefficient (Wildman–Crippen LogP) is 5.29. The Morgan fingerprint density at radius 1 is 1.03 bits per heavy atom. The summed E-state index contributed by atoms with van der Waals surface area (Å²) in [6.45, 7) is 12.2. The summed E-state index contributed by atoms with van der Waals surface area (Å²) < 4.78 is 11.2. The van der Waals surface area contributed by atoms with Gasteiger partial charge in [0.1, 0.15) is 18.1 Å². The maximum atomic E-state index is 12.9. The van der Waals surface area contributed by atoms with Gasteiger partial charge in [0.05, 0.1) is 11.6 Å². The molecule has 29 heavy (non-hydrogen) atoms. The fourth-order valence-corrected chi connectivity index (χ4v) is 3.35. The second-order valence-corrected chi connectivity index (χ2v) is 7.66. The lowest BCUT2D eigenvalue weighted by Crippen LogP contribution is -2.28. The minimum Gasteiger partial charge on any atom is -0.489 e. The first-order chi connectivity index (χ1) is 13.8. The second-order valence-electron chi connectivity index (χ2n) is 7.66. The van der Waals surface area contributed by atoms with Crippen molar-refractivity contribution in [3.05, 3.63) is 81.2 Å². The van der Waals surface area contributed by atoms with E-state index < -0.39 is 0 Å². The number of carbonyl (C=O) groups is 1. The highest BCUT2D eigenvalue weighted by Crippen LogP contribution is 2.22. The van der Waals surface area contributed by atoms with E-state index in [1.54, 1.807) is 6.92 Å². The Morgan fingerprint density at radius 3 is 2.48 bits per heavy atom. The molecule has 3 aromatic rings. The van der Waals surface area contributed by atoms with Gasteiger partial charge >= 0.3 is 0 Å². The van der Waals surface area contributed by atoms with E-state index in [0.29, 0.717) is 11.3 Å². The van der Waals surface area contributed by atoms with Crippen LogP contribution in [0.25, 0.3) is 0 Å². The highest BCUT2D eigenvalue weighted by Gasteiger charge is 2.22. The molecule has 0 spiro atoms. The third kappa shape index (κ3) is 4.67. The fraction of sp³-hybridized carbons (Fsp3) is 0.333. The number of rotatable bonds is 6. The molecule has 3 rings (SSSR count). The van der Waals surface area contributed by atoms with E-state index in [1.165, 1.54) is 11.1 Å². The number of aromatic nitrogens is 1. The van der Waals surface area contributed by atoms with Crippen LogP contribution in [0.5, 0.6) is 5.75 Å². The van der Waals surface area contributed by atoms with E-state index in [-0.39, 0.29) is 24.2 Å². The average Bonchev–Trinajstić information content (AvgIpc) is 3.03. The Balaban J connectivity index is 1.73. The van der Waals surface area contributed by atoms with Gasteiger partial charge in [-0.1, -0.05) is 35.0 Å². The largest absolute Gasteiger partial charge is 0.489 e. The molecule has 5 nitrogen and oxygen atoms in total. The van der Waals surface area contributed by atoms with Gasteiger partial charge < -0.3 is 14.6 Å². The summed E-state index contributed by atoms with van der Waals surface area (Å²) >= 11 is 0. The molecule has 1 unspecified atom stereocenters. The highest BCUT2D eigenvalue weighted by molar-refractivity contribution is 5.94. The number of ether oxygens (including phenoxy) is 1. The molecular formula is C24H28N2O3. The molecule has 0 fully saturated rings. The summed E-state index contributed by atoms with van der Waals surface area (Å²) in [5, 5.41) is 7.00. The SMILES string of the molecule is Cc1ccc(C(C)NC(=O)c2noc(C)c2COc2ccc(C)c(C)c2)c(C)c1. The molecule has 1 amide bonds. The van der Waals surface area contributed by atoms with E-state index in [1.807, 2.05) is 51.1 Å². The maximum absolute atomic E-state index is 12.9. The Labute approximate surface area is 172 Å². The lowest BCUT2D eigenvalue weighted by molar-refractivity contribution is 0.0928. The minimum absolute atomic E-state index is 0.145. The van der Waals surface area contributed by atoms with Crippen molar-refractivity contribution in [2.24, 2.45) is 0 Å². The first kappa shape index (κ1) is 20.6. The number of nitrogens with one attached hydrogen (secondary N) is 1. The summed E-state index contributed by atoms with van der Waals surface area (Å²) in [6, 6.07) is 12.0. The van der Waals surface area contributed by atoms with Gasteiger partial charge in [0, 0.05) is 0 Å². The first-order valence-electron chi connectivity index (χ1n) is 9.79. The standard InChI is InChI=1S/C24H28N2O3/c1-14-7-10-21(17(4)11-14)18(5)25-24(27)23-22(19(6)29-26-23)13-28-20-9-8-15(2)16(3)12-20/h7-12,18H,13H2,1-6H3,(H,25,27). The number of aryl methyl sites for hydroxylation is 5. The quantitative estimate of drug-likeness (QED) is 0.619. The summed E-state index contributed by atoms with van der Waals surface area (Å²) in [4.78, 5) is 12.9. The molecule has 1 heterocycles. The van der Waals surface area contributed by atoms with Crippen LogP contribution in [0.1, 0.15) is 62.6 Å². The Hall–Kier alpha value is -3.08. The van der Waals surface area contributed by atoms with Crippen LogP contribution in [-0.2, 0) is 6.61 Å². The molecule has 0 aliphatic heterocycles. The van der Waals surface area contributed by atoms with Gasteiger partial charge in [0.2, 0.25) is 0 Å². The second kappa shape index (κ2) is 8.52. The molecule has 5 heteroatoms. The van der Waals surface area contributed by atoms with Gasteiger partial charge in [0.25, 0.3) is 5.91 Å². The zero-order chi connectivity index (χ0) is 21.1. The molecule has 0 saturated carbocycles. The van der Waals surface area contributed by atoms with Crippen LogP contribution in [0.4, 0.5) is 0 Å². The van der Waals surface area contributed by atoms with Crippen molar-refractivity contribution in [2.75, 3.05) is 0 Å². The number of amides is 1. The van der Waals surface area contributed by atoms with Crippen molar-refractivity contribution < 1.29 is 14.1 Å². The lowest BCUT2D eigenvalue weighted by Gasteiger charge is -2.17. The predicted molar refractivity (Wildman–Crippen MR) is 113 cm³/mol. The van der Waals surface area contributed by atoms with Gasteiger partial charge in [-0.3, -0.25) is 4.79 Å². The van der Waals surface area contributed by atoms with E-state index in [0.717, 1.165) is 22.4 Å². The van der Waals surface area contributed by atoms with Gasteiger partial charge in [-0.05, 0) is 75.9 Å². The Kier molecular flexibility index (Phi) is 6.06. The molecule has 0 aliphatic carbocycles. The number of hydrogen-bond acceptors (Lipinski definition) is 4. The van der Waals surface area contributed by atoms with Crippen molar-refractivity contribution in [2.45, 2.75) is 54.2 Å². The van der Waals surface area contributed by atoms with Gasteiger partial charge in [-0.2, -0.15) is 0 Å². The van der Waals surface area contributed by atoms with Crippen LogP contribution in [-0.4, -0.2) is 11.1 Å². The van der Waals surface area contributed by atoms with Crippen LogP contribution in [0.2, 0.25) is 0 Å². The summed E-state index contributed by atoms with van der Waals surface area (Å²) in [5.41, 5.74) is 6.72. The number of carbonyl (C=O) groups excluding carboxylic acids is 1. The zero-order valence-corrected chi connectivity index (χ0v) is 17.9. The smallest absolute Gasteiger partial charge is 0.274 e. The topological polar surface area (TPSA) is 64.4 Å². The molecule has 1 aromatic heterocycles. The van der Waals surface area contributed by atoms with Crippen LogP contribution in [0.3, 0.4) is 0 Å². The maximum Gasteiger partial charge on any atom is 0.274 e. The fourth-order valence-electron chi connectivity index (χ4n) is 3.35. The van der Waals surface area contributed by atoms with E-state index in [2.05, 4.69) is 30.4 Å². The Morgan fingerprint density at radius 2 is 1.79 bits per heavy atom. The van der Waals surface area contributed by atoms with E-state index in [9.17, 15) is 4.79 Å². The molecule has 152 valence electrons. The van der Waals surface area contributed by atoms with Crippen molar-refractivity contribution in [3.8, 4) is 5.75 Å². The Bertz CT molecular complexity index is 1040. The van der Waals surface area contributed by atoms with Crippen molar-refractivity contribution in [1.29, 1.82) is 0 Å². The van der Waals surface area contributed by atoms with Crippen LogP contribution in [0.15, 0.2) is 40.9 Å². The molecule has 2 aromatic carbocycles. The normalized spacial score (nSPS) is 11.9. The van der Waals surface area contributed by atoms with Gasteiger partial charge in [0.15, 0.2) is 5.69 Å². The van der Waals surface area contributed by atoms with Crippen molar-refractivity contribution in [3.63, 3.8) is 0 Å². The lowest BCUT2D eigenvalue weighted by atomic mass is 10.00. The first-order valence-corrected chi connectivity index (χ1v) is 9.79.